The fourth-order valence-electron chi connectivity index (χ4n) is 1.17. The number of carbonyl (C=O) groups is 1. The van der Waals surface area contributed by atoms with E-state index in [2.05, 4.69) is 0 Å². The first-order valence-corrected chi connectivity index (χ1v) is 4.40. The third-order valence-corrected chi connectivity index (χ3v) is 1.86. The number of hydrogen-bond donors (Lipinski definition) is 0. The Morgan fingerprint density at radius 1 is 1.50 bits per heavy atom. The topological polar surface area (TPSA) is 35.5 Å². The van der Waals surface area contributed by atoms with E-state index in [1.807, 2.05) is 0 Å². The van der Waals surface area contributed by atoms with Crippen LogP contribution in [0.1, 0.15) is 33.1 Å². The van der Waals surface area contributed by atoms with Crippen molar-refractivity contribution in [1.29, 1.82) is 0 Å². The zero-order valence-corrected chi connectivity index (χ0v) is 7.71. The van der Waals surface area contributed by atoms with Crippen LogP contribution in [0.3, 0.4) is 0 Å². The van der Waals surface area contributed by atoms with Crippen LogP contribution in [0.2, 0.25) is 0 Å². The minimum Gasteiger partial charge on any atom is -0.353 e. The van der Waals surface area contributed by atoms with E-state index in [1.165, 1.54) is 0 Å². The van der Waals surface area contributed by atoms with Gasteiger partial charge in [0, 0.05) is 6.61 Å². The van der Waals surface area contributed by atoms with Gasteiger partial charge in [0.2, 0.25) is 0 Å². The Hall–Kier alpha value is -0.410. The standard InChI is InChI=1S/C9H16O3/c1-9(2,7-10)12-8-5-3-4-6-11-8/h7-8H,3-6H2,1-2H3. The van der Waals surface area contributed by atoms with Gasteiger partial charge in [-0.15, -0.1) is 0 Å². The van der Waals surface area contributed by atoms with Crippen LogP contribution < -0.4 is 0 Å². The monoisotopic (exact) mass is 172 g/mol. The van der Waals surface area contributed by atoms with Gasteiger partial charge in [-0.05, 0) is 33.1 Å². The summed E-state index contributed by atoms with van der Waals surface area (Å²) in [5, 5.41) is 0. The molecule has 0 amide bonds. The molecule has 1 saturated heterocycles. The van der Waals surface area contributed by atoms with Crippen LogP contribution in [-0.2, 0) is 14.3 Å². The Morgan fingerprint density at radius 2 is 2.25 bits per heavy atom. The Morgan fingerprint density at radius 3 is 2.75 bits per heavy atom. The molecular weight excluding hydrogens is 156 g/mol. The molecular formula is C9H16O3. The smallest absolute Gasteiger partial charge is 0.158 e. The van der Waals surface area contributed by atoms with Crippen LogP contribution in [0.4, 0.5) is 0 Å². The quantitative estimate of drug-likeness (QED) is 0.605. The van der Waals surface area contributed by atoms with E-state index in [-0.39, 0.29) is 6.29 Å². The van der Waals surface area contributed by atoms with Crippen molar-refractivity contribution in [1.82, 2.24) is 0 Å². The molecule has 12 heavy (non-hydrogen) atoms. The zero-order valence-electron chi connectivity index (χ0n) is 7.71. The summed E-state index contributed by atoms with van der Waals surface area (Å²) in [5.74, 6) is 0. The van der Waals surface area contributed by atoms with E-state index < -0.39 is 5.60 Å². The summed E-state index contributed by atoms with van der Waals surface area (Å²) in [4.78, 5) is 10.5. The maximum absolute atomic E-state index is 10.5. The molecule has 0 N–H and O–H groups in total. The van der Waals surface area contributed by atoms with Crippen LogP contribution >= 0.6 is 0 Å². The minimum absolute atomic E-state index is 0.182. The number of hydrogen-bond acceptors (Lipinski definition) is 3. The van der Waals surface area contributed by atoms with Crippen LogP contribution in [0.15, 0.2) is 0 Å². The van der Waals surface area contributed by atoms with Gasteiger partial charge in [0.15, 0.2) is 12.6 Å². The number of aldehydes is 1. The van der Waals surface area contributed by atoms with Crippen LogP contribution in [0.5, 0.6) is 0 Å². The third-order valence-electron chi connectivity index (χ3n) is 1.86. The molecule has 1 unspecified atom stereocenters. The van der Waals surface area contributed by atoms with Gasteiger partial charge < -0.3 is 14.3 Å². The van der Waals surface area contributed by atoms with Gasteiger partial charge in [0.05, 0.1) is 0 Å². The molecule has 1 atom stereocenters. The lowest BCUT2D eigenvalue weighted by Crippen LogP contribution is -2.35. The Labute approximate surface area is 73.0 Å². The first kappa shape index (κ1) is 9.68. The molecule has 0 saturated carbocycles. The number of rotatable bonds is 3. The summed E-state index contributed by atoms with van der Waals surface area (Å²) >= 11 is 0. The molecule has 1 heterocycles. The molecule has 70 valence electrons. The number of ether oxygens (including phenoxy) is 2. The predicted octanol–water partition coefficient (Wildman–Crippen LogP) is 1.51. The molecule has 0 spiro atoms. The van der Waals surface area contributed by atoms with Crippen molar-refractivity contribution < 1.29 is 14.3 Å². The Kier molecular flexibility index (Phi) is 3.23. The van der Waals surface area contributed by atoms with E-state index in [9.17, 15) is 4.79 Å². The third kappa shape index (κ3) is 2.91. The molecule has 1 aliphatic rings. The van der Waals surface area contributed by atoms with Crippen molar-refractivity contribution in [3.05, 3.63) is 0 Å². The van der Waals surface area contributed by atoms with Crippen molar-refractivity contribution in [2.45, 2.75) is 45.0 Å². The van der Waals surface area contributed by atoms with E-state index in [4.69, 9.17) is 9.47 Å². The van der Waals surface area contributed by atoms with Crippen molar-refractivity contribution in [2.75, 3.05) is 6.61 Å². The highest BCUT2D eigenvalue weighted by Gasteiger charge is 2.24. The molecule has 0 aromatic heterocycles. The van der Waals surface area contributed by atoms with E-state index >= 15 is 0 Å². The Bertz CT molecular complexity index is 148. The predicted molar refractivity (Wildman–Crippen MR) is 44.8 cm³/mol. The molecule has 0 radical (unpaired) electrons. The lowest BCUT2D eigenvalue weighted by molar-refractivity contribution is -0.209. The molecule has 1 fully saturated rings. The average Bonchev–Trinajstić information content (AvgIpc) is 2.06. The van der Waals surface area contributed by atoms with Crippen molar-refractivity contribution in [2.24, 2.45) is 0 Å². The van der Waals surface area contributed by atoms with Crippen LogP contribution in [0, 0.1) is 0 Å². The summed E-state index contributed by atoms with van der Waals surface area (Å²) in [7, 11) is 0. The van der Waals surface area contributed by atoms with Gasteiger partial charge in [-0.2, -0.15) is 0 Å². The largest absolute Gasteiger partial charge is 0.353 e. The Balaban J connectivity index is 2.33. The van der Waals surface area contributed by atoms with E-state index in [0.717, 1.165) is 32.2 Å². The van der Waals surface area contributed by atoms with Gasteiger partial charge in [-0.1, -0.05) is 0 Å². The SMILES string of the molecule is CC(C)(C=O)OC1CCCCO1. The molecule has 0 aromatic carbocycles. The van der Waals surface area contributed by atoms with Crippen LogP contribution in [0.25, 0.3) is 0 Å². The first-order chi connectivity index (χ1) is 5.64. The van der Waals surface area contributed by atoms with Gasteiger partial charge in [0.25, 0.3) is 0 Å². The molecule has 0 aliphatic carbocycles. The van der Waals surface area contributed by atoms with Gasteiger partial charge in [0.1, 0.15) is 5.60 Å². The summed E-state index contributed by atoms with van der Waals surface area (Å²) in [6.45, 7) is 4.25. The minimum atomic E-state index is -0.706. The summed E-state index contributed by atoms with van der Waals surface area (Å²) in [6, 6.07) is 0. The lowest BCUT2D eigenvalue weighted by atomic mass is 10.1. The second-order valence-electron chi connectivity index (χ2n) is 3.64. The van der Waals surface area contributed by atoms with Crippen molar-refractivity contribution in [3.8, 4) is 0 Å². The highest BCUT2D eigenvalue weighted by atomic mass is 16.7. The maximum atomic E-state index is 10.5. The molecule has 1 aliphatic heterocycles. The normalized spacial score (nSPS) is 25.3. The molecule has 0 bridgehead atoms. The molecule has 1 rings (SSSR count). The maximum Gasteiger partial charge on any atom is 0.158 e. The van der Waals surface area contributed by atoms with E-state index in [1.54, 1.807) is 13.8 Å². The number of carbonyl (C=O) groups excluding carboxylic acids is 1. The lowest BCUT2D eigenvalue weighted by Gasteiger charge is -2.28. The van der Waals surface area contributed by atoms with Crippen molar-refractivity contribution >= 4 is 6.29 Å². The second-order valence-corrected chi connectivity index (χ2v) is 3.64. The van der Waals surface area contributed by atoms with Crippen molar-refractivity contribution in [3.63, 3.8) is 0 Å². The highest BCUT2D eigenvalue weighted by molar-refractivity contribution is 5.60. The van der Waals surface area contributed by atoms with Crippen LogP contribution in [-0.4, -0.2) is 24.8 Å². The summed E-state index contributed by atoms with van der Waals surface area (Å²) in [6.07, 6.45) is 3.75. The molecule has 3 heteroatoms. The van der Waals surface area contributed by atoms with Gasteiger partial charge >= 0.3 is 0 Å². The second kappa shape index (κ2) is 4.01. The average molecular weight is 172 g/mol. The summed E-state index contributed by atoms with van der Waals surface area (Å²) < 4.78 is 10.8. The summed E-state index contributed by atoms with van der Waals surface area (Å²) in [5.41, 5.74) is -0.706. The van der Waals surface area contributed by atoms with E-state index in [0.29, 0.717) is 0 Å². The first-order valence-electron chi connectivity index (χ1n) is 4.40. The molecule has 0 aromatic rings. The highest BCUT2D eigenvalue weighted by Crippen LogP contribution is 2.18. The fraction of sp³-hybridized carbons (Fsp3) is 0.889. The fourth-order valence-corrected chi connectivity index (χ4v) is 1.17. The zero-order chi connectivity index (χ0) is 9.03. The van der Waals surface area contributed by atoms with Gasteiger partial charge in [-0.3, -0.25) is 0 Å². The molecule has 3 nitrogen and oxygen atoms in total. The van der Waals surface area contributed by atoms with Gasteiger partial charge in [-0.25, -0.2) is 0 Å².